The predicted octanol–water partition coefficient (Wildman–Crippen LogP) is 4.98. The Bertz CT molecular complexity index is 1340. The minimum absolute atomic E-state index is 0.141. The van der Waals surface area contributed by atoms with E-state index in [-0.39, 0.29) is 23.5 Å². The van der Waals surface area contributed by atoms with Crippen molar-refractivity contribution in [2.75, 3.05) is 24.1 Å². The number of nitrogens with one attached hydrogen (secondary N) is 1. The lowest BCUT2D eigenvalue weighted by atomic mass is 9.96. The third kappa shape index (κ3) is 5.43. The molecular formula is C27H35ClN6O3. The summed E-state index contributed by atoms with van der Waals surface area (Å²) < 4.78 is 7.48. The van der Waals surface area contributed by atoms with Crippen LogP contribution in [0.3, 0.4) is 0 Å². The molecule has 10 heteroatoms. The van der Waals surface area contributed by atoms with Crippen LogP contribution in [0.5, 0.6) is 0 Å². The van der Waals surface area contributed by atoms with Crippen LogP contribution in [0.4, 0.5) is 11.5 Å². The van der Waals surface area contributed by atoms with E-state index in [0.717, 1.165) is 24.9 Å². The third-order valence-electron chi connectivity index (χ3n) is 6.75. The number of aryl methyl sites for hydroxylation is 1. The molecule has 3 heterocycles. The average molecular weight is 527 g/mol. The van der Waals surface area contributed by atoms with Crippen molar-refractivity contribution >= 4 is 45.9 Å². The number of anilines is 2. The van der Waals surface area contributed by atoms with Gasteiger partial charge < -0.3 is 15.8 Å². The van der Waals surface area contributed by atoms with E-state index in [1.165, 1.54) is 6.20 Å². The first-order valence-electron chi connectivity index (χ1n) is 12.5. The molecule has 1 aliphatic heterocycles. The number of nitrogen functional groups attached to an aromatic ring is 1. The van der Waals surface area contributed by atoms with Gasteiger partial charge in [0.2, 0.25) is 0 Å². The second-order valence-electron chi connectivity index (χ2n) is 11.1. The number of amides is 1. The number of nitrogens with zero attached hydrogens (tertiary/aromatic N) is 4. The van der Waals surface area contributed by atoms with Crippen LogP contribution in [0.25, 0.3) is 10.9 Å². The van der Waals surface area contributed by atoms with Gasteiger partial charge in [-0.25, -0.2) is 4.98 Å². The van der Waals surface area contributed by atoms with Crippen molar-refractivity contribution in [2.24, 2.45) is 0 Å². The summed E-state index contributed by atoms with van der Waals surface area (Å²) in [7, 11) is 0. The molecule has 1 saturated heterocycles. The Hall–Kier alpha value is -3.17. The van der Waals surface area contributed by atoms with Crippen LogP contribution in [0, 0.1) is 6.92 Å². The molecule has 4 rings (SSSR count). The highest BCUT2D eigenvalue weighted by atomic mass is 35.5. The standard InChI is InChI=1S/C27H35ClN6O3/c1-16-10-7-8-12-19(16)31-24(35)21-20-22(18(28)14-30-23(20)29)34(32-21)17-11-9-13-33(15-17)27(5,6)25(36)37-26(2,3)4/h7-8,10,12,14,17H,9,11,13,15H2,1-6H3,(H2,29,30)(H,31,35)/t17-/m1/s1. The Morgan fingerprint density at radius 3 is 2.57 bits per heavy atom. The molecule has 3 N–H and O–H groups in total. The zero-order valence-electron chi connectivity index (χ0n) is 22.3. The number of nitrogens with two attached hydrogens (primary N) is 1. The lowest BCUT2D eigenvalue weighted by Crippen LogP contribution is -2.55. The Morgan fingerprint density at radius 1 is 1.19 bits per heavy atom. The monoisotopic (exact) mass is 526 g/mol. The summed E-state index contributed by atoms with van der Waals surface area (Å²) in [6.45, 7) is 12.5. The van der Waals surface area contributed by atoms with Gasteiger partial charge in [0.1, 0.15) is 17.0 Å². The van der Waals surface area contributed by atoms with Gasteiger partial charge in [0, 0.05) is 12.2 Å². The minimum atomic E-state index is -0.843. The number of benzene rings is 1. The van der Waals surface area contributed by atoms with Crippen LogP contribution in [0.15, 0.2) is 30.5 Å². The Kier molecular flexibility index (Phi) is 7.23. The maximum absolute atomic E-state index is 13.4. The van der Waals surface area contributed by atoms with Crippen molar-refractivity contribution < 1.29 is 14.3 Å². The highest BCUT2D eigenvalue weighted by molar-refractivity contribution is 6.36. The number of carbonyl (C=O) groups excluding carboxylic acids is 2. The van der Waals surface area contributed by atoms with E-state index in [1.807, 2.05) is 65.8 Å². The topological polar surface area (TPSA) is 115 Å². The molecule has 37 heavy (non-hydrogen) atoms. The molecule has 0 spiro atoms. The molecule has 1 amide bonds. The molecule has 3 aromatic rings. The van der Waals surface area contributed by atoms with Crippen molar-refractivity contribution in [3.8, 4) is 0 Å². The molecule has 1 atom stereocenters. The van der Waals surface area contributed by atoms with Gasteiger partial charge in [-0.05, 0) is 72.6 Å². The van der Waals surface area contributed by atoms with Crippen LogP contribution >= 0.6 is 11.6 Å². The zero-order chi connectivity index (χ0) is 27.1. The Labute approximate surface area is 222 Å². The van der Waals surface area contributed by atoms with Gasteiger partial charge in [-0.15, -0.1) is 0 Å². The molecule has 9 nitrogen and oxygen atoms in total. The largest absolute Gasteiger partial charge is 0.459 e. The molecule has 198 valence electrons. The molecule has 0 saturated carbocycles. The van der Waals surface area contributed by atoms with E-state index >= 15 is 0 Å². The fraction of sp³-hybridized carbons (Fsp3) is 0.481. The number of rotatable bonds is 5. The normalized spacial score (nSPS) is 17.1. The maximum Gasteiger partial charge on any atom is 0.326 e. The van der Waals surface area contributed by atoms with Gasteiger partial charge in [0.25, 0.3) is 5.91 Å². The smallest absolute Gasteiger partial charge is 0.326 e. The fourth-order valence-corrected chi connectivity index (χ4v) is 4.90. The number of pyridine rings is 1. The van der Waals surface area contributed by atoms with Gasteiger partial charge >= 0.3 is 5.97 Å². The summed E-state index contributed by atoms with van der Waals surface area (Å²) in [5, 5.41) is 8.45. The number of para-hydroxylation sites is 1. The van der Waals surface area contributed by atoms with Crippen LogP contribution in [-0.4, -0.2) is 55.8 Å². The second kappa shape index (κ2) is 9.95. The van der Waals surface area contributed by atoms with E-state index in [1.54, 1.807) is 4.68 Å². The van der Waals surface area contributed by atoms with Gasteiger partial charge in [0.15, 0.2) is 5.69 Å². The van der Waals surface area contributed by atoms with Crippen LogP contribution in [0.1, 0.15) is 69.6 Å². The summed E-state index contributed by atoms with van der Waals surface area (Å²) in [6.07, 6.45) is 3.11. The number of halogens is 1. The third-order valence-corrected chi connectivity index (χ3v) is 7.03. The number of aromatic nitrogens is 3. The van der Waals surface area contributed by atoms with Crippen molar-refractivity contribution in [2.45, 2.75) is 71.6 Å². The van der Waals surface area contributed by atoms with E-state index in [0.29, 0.717) is 28.2 Å². The minimum Gasteiger partial charge on any atom is -0.459 e. The molecule has 0 radical (unpaired) electrons. The van der Waals surface area contributed by atoms with E-state index in [9.17, 15) is 9.59 Å². The molecule has 0 bridgehead atoms. The summed E-state index contributed by atoms with van der Waals surface area (Å²) >= 11 is 6.61. The highest BCUT2D eigenvalue weighted by Gasteiger charge is 2.41. The van der Waals surface area contributed by atoms with Gasteiger partial charge in [-0.2, -0.15) is 5.10 Å². The number of hydrogen-bond donors (Lipinski definition) is 2. The number of fused-ring (bicyclic) bond motifs is 1. The molecular weight excluding hydrogens is 492 g/mol. The van der Waals surface area contributed by atoms with Crippen molar-refractivity contribution in [1.29, 1.82) is 0 Å². The highest BCUT2D eigenvalue weighted by Crippen LogP contribution is 2.36. The Morgan fingerprint density at radius 2 is 1.89 bits per heavy atom. The second-order valence-corrected chi connectivity index (χ2v) is 11.5. The van der Waals surface area contributed by atoms with Crippen molar-refractivity contribution in [3.63, 3.8) is 0 Å². The number of esters is 1. The summed E-state index contributed by atoms with van der Waals surface area (Å²) in [5.41, 5.74) is 7.16. The molecule has 0 unspecified atom stereocenters. The van der Waals surface area contributed by atoms with E-state index in [4.69, 9.17) is 27.2 Å². The first kappa shape index (κ1) is 26.9. The summed E-state index contributed by atoms with van der Waals surface area (Å²) in [6, 6.07) is 7.37. The fourth-order valence-electron chi connectivity index (χ4n) is 4.67. The lowest BCUT2D eigenvalue weighted by Gasteiger charge is -2.42. The molecule has 1 aliphatic rings. The van der Waals surface area contributed by atoms with Crippen molar-refractivity contribution in [3.05, 3.63) is 46.7 Å². The van der Waals surface area contributed by atoms with Gasteiger partial charge in [-0.1, -0.05) is 29.8 Å². The molecule has 2 aromatic heterocycles. The van der Waals surface area contributed by atoms with Crippen molar-refractivity contribution in [1.82, 2.24) is 19.7 Å². The molecule has 0 aliphatic carbocycles. The Balaban J connectivity index is 1.71. The van der Waals surface area contributed by atoms with Gasteiger partial charge in [-0.3, -0.25) is 19.2 Å². The first-order chi connectivity index (χ1) is 17.3. The van der Waals surface area contributed by atoms with E-state index in [2.05, 4.69) is 15.2 Å². The number of ether oxygens (including phenoxy) is 1. The average Bonchev–Trinajstić information content (AvgIpc) is 3.24. The van der Waals surface area contributed by atoms with E-state index < -0.39 is 17.0 Å². The number of hydrogen-bond acceptors (Lipinski definition) is 7. The molecule has 1 aromatic carbocycles. The van der Waals surface area contributed by atoms with Gasteiger partial charge in [0.05, 0.1) is 28.2 Å². The van der Waals surface area contributed by atoms with Crippen LogP contribution in [0.2, 0.25) is 5.02 Å². The summed E-state index contributed by atoms with van der Waals surface area (Å²) in [4.78, 5) is 32.7. The lowest BCUT2D eigenvalue weighted by molar-refractivity contribution is -0.169. The zero-order valence-corrected chi connectivity index (χ0v) is 23.0. The van der Waals surface area contributed by atoms with Crippen LogP contribution in [-0.2, 0) is 9.53 Å². The predicted molar refractivity (Wildman–Crippen MR) is 146 cm³/mol. The maximum atomic E-state index is 13.4. The number of likely N-dealkylation sites (tertiary alicyclic amines) is 1. The number of piperidine rings is 1. The number of carbonyl (C=O) groups is 2. The SMILES string of the molecule is Cc1ccccc1NC(=O)c1nn([C@@H]2CCCN(C(C)(C)C(=O)OC(C)(C)C)C2)c2c(Cl)cnc(N)c12. The first-order valence-corrected chi connectivity index (χ1v) is 12.8. The van der Waals surface area contributed by atoms with Crippen LogP contribution < -0.4 is 11.1 Å². The quantitative estimate of drug-likeness (QED) is 0.450. The summed E-state index contributed by atoms with van der Waals surface area (Å²) in [5.74, 6) is -0.492. The molecule has 1 fully saturated rings.